The Morgan fingerprint density at radius 1 is 1.16 bits per heavy atom. The van der Waals surface area contributed by atoms with Crippen molar-refractivity contribution >= 4 is 17.5 Å². The fraction of sp³-hybridized carbons (Fsp3) is 0.222. The zero-order valence-electron chi connectivity index (χ0n) is 13.8. The molecule has 0 heterocycles. The Hall–Kier alpha value is -3.06. The van der Waals surface area contributed by atoms with Crippen LogP contribution in [0.25, 0.3) is 0 Å². The van der Waals surface area contributed by atoms with Gasteiger partial charge in [-0.15, -0.1) is 4.91 Å². The highest BCUT2D eigenvalue weighted by atomic mass is 16.5. The maximum atomic E-state index is 12.4. The topological polar surface area (TPSA) is 111 Å². The molecule has 2 aromatic rings. The van der Waals surface area contributed by atoms with Gasteiger partial charge >= 0.3 is 0 Å². The van der Waals surface area contributed by atoms with Crippen LogP contribution in [0.15, 0.2) is 53.7 Å². The van der Waals surface area contributed by atoms with Gasteiger partial charge in [-0.1, -0.05) is 42.5 Å². The lowest BCUT2D eigenvalue weighted by molar-refractivity contribution is -0.121. The molecule has 25 heavy (non-hydrogen) atoms. The number of aryl methyl sites for hydroxylation is 1. The van der Waals surface area contributed by atoms with Gasteiger partial charge < -0.3 is 15.8 Å². The molecule has 0 aliphatic heterocycles. The molecule has 2 rings (SSSR count). The first-order valence-electron chi connectivity index (χ1n) is 7.67. The van der Waals surface area contributed by atoms with Crippen LogP contribution in [0.3, 0.4) is 0 Å². The van der Waals surface area contributed by atoms with Gasteiger partial charge in [0.05, 0.1) is 18.8 Å². The second-order valence-electron chi connectivity index (χ2n) is 5.49. The fourth-order valence-electron chi connectivity index (χ4n) is 2.26. The van der Waals surface area contributed by atoms with E-state index in [1.165, 1.54) is 6.07 Å². The summed E-state index contributed by atoms with van der Waals surface area (Å²) < 4.78 is 5.46. The van der Waals surface area contributed by atoms with E-state index in [2.05, 4.69) is 10.5 Å². The Balaban J connectivity index is 2.01. The number of hydrogen-bond donors (Lipinski definition) is 2. The molecule has 0 aliphatic carbocycles. The number of nitrogens with two attached hydrogens (primary N) is 1. The number of nitrogens with zero attached hydrogens (tertiary/aromatic N) is 1. The van der Waals surface area contributed by atoms with Crippen LogP contribution in [-0.2, 0) is 16.1 Å². The minimum absolute atomic E-state index is 0.0356. The minimum atomic E-state index is -1.02. The fourth-order valence-corrected chi connectivity index (χ4v) is 2.26. The van der Waals surface area contributed by atoms with E-state index in [0.717, 1.165) is 5.56 Å². The Bertz CT molecular complexity index is 762. The normalized spacial score (nSPS) is 11.6. The third-order valence-corrected chi connectivity index (χ3v) is 3.62. The van der Waals surface area contributed by atoms with Gasteiger partial charge in [-0.2, -0.15) is 0 Å². The largest absolute Gasteiger partial charge is 0.374 e. The molecule has 130 valence electrons. The number of nitrogens with one attached hydrogen (secondary N) is 1. The number of carbonyl (C=O) groups excluding carboxylic acids is 2. The number of nitroso groups, excluding NO2 is 1. The van der Waals surface area contributed by atoms with Gasteiger partial charge in [0.1, 0.15) is 11.7 Å². The molecule has 0 aromatic heterocycles. The van der Waals surface area contributed by atoms with E-state index in [-0.39, 0.29) is 24.5 Å². The van der Waals surface area contributed by atoms with Crippen molar-refractivity contribution in [3.8, 4) is 0 Å². The number of hydrogen-bond acceptors (Lipinski definition) is 5. The highest BCUT2D eigenvalue weighted by Crippen LogP contribution is 2.23. The first-order valence-corrected chi connectivity index (χ1v) is 7.67. The third-order valence-electron chi connectivity index (χ3n) is 3.62. The van der Waals surface area contributed by atoms with Crippen LogP contribution >= 0.6 is 0 Å². The zero-order chi connectivity index (χ0) is 18.2. The van der Waals surface area contributed by atoms with Gasteiger partial charge in [-0.05, 0) is 29.3 Å². The van der Waals surface area contributed by atoms with Crippen LogP contribution in [0.5, 0.6) is 0 Å². The quantitative estimate of drug-likeness (QED) is 0.717. The minimum Gasteiger partial charge on any atom is -0.374 e. The van der Waals surface area contributed by atoms with Crippen molar-refractivity contribution in [2.75, 3.05) is 6.61 Å². The van der Waals surface area contributed by atoms with Crippen LogP contribution in [0.1, 0.15) is 21.5 Å². The molecule has 0 saturated heterocycles. The zero-order valence-corrected chi connectivity index (χ0v) is 13.8. The Labute approximate surface area is 145 Å². The lowest BCUT2D eigenvalue weighted by Crippen LogP contribution is -2.47. The molecule has 7 nitrogen and oxygen atoms in total. The molecule has 2 aromatic carbocycles. The lowest BCUT2D eigenvalue weighted by Gasteiger charge is -2.16. The highest BCUT2D eigenvalue weighted by molar-refractivity contribution is 6.01. The number of primary amides is 1. The molecule has 0 radical (unpaired) electrons. The summed E-state index contributed by atoms with van der Waals surface area (Å²) >= 11 is 0. The van der Waals surface area contributed by atoms with Crippen LogP contribution in [0.2, 0.25) is 0 Å². The van der Waals surface area contributed by atoms with Crippen LogP contribution in [-0.4, -0.2) is 24.5 Å². The summed E-state index contributed by atoms with van der Waals surface area (Å²) in [6, 6.07) is 13.1. The molecule has 0 fully saturated rings. The van der Waals surface area contributed by atoms with E-state index < -0.39 is 17.9 Å². The van der Waals surface area contributed by atoms with Crippen molar-refractivity contribution in [3.05, 3.63) is 70.1 Å². The molecule has 2 amide bonds. The van der Waals surface area contributed by atoms with E-state index in [4.69, 9.17) is 10.5 Å². The average molecular weight is 341 g/mol. The highest BCUT2D eigenvalue weighted by Gasteiger charge is 2.21. The molecule has 3 N–H and O–H groups in total. The molecule has 1 atom stereocenters. The molecule has 1 unspecified atom stereocenters. The van der Waals surface area contributed by atoms with E-state index in [0.29, 0.717) is 5.56 Å². The van der Waals surface area contributed by atoms with Crippen molar-refractivity contribution in [2.45, 2.75) is 19.6 Å². The molecule has 0 bridgehead atoms. The van der Waals surface area contributed by atoms with Crippen molar-refractivity contribution in [2.24, 2.45) is 10.9 Å². The predicted molar refractivity (Wildman–Crippen MR) is 93.2 cm³/mol. The lowest BCUT2D eigenvalue weighted by atomic mass is 10.1. The summed E-state index contributed by atoms with van der Waals surface area (Å²) in [5.74, 6) is -1.33. The Morgan fingerprint density at radius 3 is 2.52 bits per heavy atom. The van der Waals surface area contributed by atoms with Gasteiger partial charge in [0, 0.05) is 0 Å². The van der Waals surface area contributed by atoms with Gasteiger partial charge in [0.15, 0.2) is 0 Å². The van der Waals surface area contributed by atoms with E-state index in [9.17, 15) is 14.5 Å². The van der Waals surface area contributed by atoms with Gasteiger partial charge in [-0.25, -0.2) is 0 Å². The molecular weight excluding hydrogens is 322 g/mol. The summed E-state index contributed by atoms with van der Waals surface area (Å²) in [6.07, 6.45) is 0. The third kappa shape index (κ3) is 4.95. The van der Waals surface area contributed by atoms with Crippen molar-refractivity contribution in [3.63, 3.8) is 0 Å². The number of ether oxygens (including phenoxy) is 1. The Kier molecular flexibility index (Phi) is 6.36. The summed E-state index contributed by atoms with van der Waals surface area (Å²) in [4.78, 5) is 34.9. The molecule has 0 spiro atoms. The van der Waals surface area contributed by atoms with E-state index >= 15 is 0 Å². The number of carbonyl (C=O) groups is 2. The van der Waals surface area contributed by atoms with Crippen LogP contribution in [0, 0.1) is 11.8 Å². The number of rotatable bonds is 8. The number of benzene rings is 2. The summed E-state index contributed by atoms with van der Waals surface area (Å²) in [5, 5.41) is 5.37. The standard InChI is InChI=1S/C18H19N3O4/c1-12-6-5-9-14(16(12)21-24)18(23)20-15(17(19)22)11-25-10-13-7-3-2-4-8-13/h2-9,15H,10-11H2,1H3,(H2,19,22)(H,20,23). The average Bonchev–Trinajstić information content (AvgIpc) is 2.61. The maximum Gasteiger partial charge on any atom is 0.254 e. The van der Waals surface area contributed by atoms with Crippen molar-refractivity contribution < 1.29 is 14.3 Å². The second kappa shape index (κ2) is 8.70. The van der Waals surface area contributed by atoms with Gasteiger partial charge in [0.25, 0.3) is 5.91 Å². The Morgan fingerprint density at radius 2 is 1.88 bits per heavy atom. The van der Waals surface area contributed by atoms with Gasteiger partial charge in [0.2, 0.25) is 5.91 Å². The first kappa shape index (κ1) is 18.3. The predicted octanol–water partition coefficient (Wildman–Crippen LogP) is 2.19. The van der Waals surface area contributed by atoms with Crippen LogP contribution in [0.4, 0.5) is 5.69 Å². The first-order chi connectivity index (χ1) is 12.0. The van der Waals surface area contributed by atoms with E-state index in [1.807, 2.05) is 30.3 Å². The smallest absolute Gasteiger partial charge is 0.254 e. The summed E-state index contributed by atoms with van der Waals surface area (Å²) in [5.41, 5.74) is 6.95. The number of amides is 2. The van der Waals surface area contributed by atoms with Crippen LogP contribution < -0.4 is 11.1 Å². The summed E-state index contributed by atoms with van der Waals surface area (Å²) in [7, 11) is 0. The molecule has 7 heteroatoms. The maximum absolute atomic E-state index is 12.4. The SMILES string of the molecule is Cc1cccc(C(=O)NC(COCc2ccccc2)C(N)=O)c1N=O. The van der Waals surface area contributed by atoms with Crippen molar-refractivity contribution in [1.29, 1.82) is 0 Å². The molecule has 0 saturated carbocycles. The monoisotopic (exact) mass is 341 g/mol. The molecule has 0 aliphatic rings. The molecular formula is C18H19N3O4. The van der Waals surface area contributed by atoms with E-state index in [1.54, 1.807) is 19.1 Å². The second-order valence-corrected chi connectivity index (χ2v) is 5.49. The van der Waals surface area contributed by atoms with Gasteiger partial charge in [-0.3, -0.25) is 9.59 Å². The van der Waals surface area contributed by atoms with Crippen molar-refractivity contribution in [1.82, 2.24) is 5.32 Å². The summed E-state index contributed by atoms with van der Waals surface area (Å²) in [6.45, 7) is 1.87.